The van der Waals surface area contributed by atoms with E-state index in [2.05, 4.69) is 32.1 Å². The zero-order chi connectivity index (χ0) is 22.4. The molecule has 31 heavy (non-hydrogen) atoms. The van der Waals surface area contributed by atoms with Gasteiger partial charge >= 0.3 is 0 Å². The molecule has 0 fully saturated rings. The van der Waals surface area contributed by atoms with Crippen molar-refractivity contribution in [2.24, 2.45) is 0 Å². The molecule has 2 aromatic heterocycles. The van der Waals surface area contributed by atoms with Crippen LogP contribution in [0.4, 0.5) is 14.5 Å². The topological polar surface area (TPSA) is 85.6 Å². The van der Waals surface area contributed by atoms with E-state index in [9.17, 15) is 13.6 Å². The Morgan fingerprint density at radius 1 is 1.16 bits per heavy atom. The van der Waals surface area contributed by atoms with Crippen molar-refractivity contribution in [1.29, 1.82) is 0 Å². The molecule has 0 unspecified atom stereocenters. The molecule has 1 N–H and O–H groups in total. The Labute approximate surface area is 186 Å². The highest BCUT2D eigenvalue weighted by Gasteiger charge is 2.15. The Kier molecular flexibility index (Phi) is 7.75. The zero-order valence-corrected chi connectivity index (χ0v) is 18.6. The molecule has 0 aliphatic heterocycles. The van der Waals surface area contributed by atoms with E-state index >= 15 is 0 Å². The number of hydrogen-bond donors (Lipinski definition) is 1. The molecule has 0 spiro atoms. The first kappa shape index (κ1) is 22.9. The molecule has 1 aromatic carbocycles. The highest BCUT2D eigenvalue weighted by atomic mass is 32.2. The molecule has 7 nitrogen and oxygen atoms in total. The maximum atomic E-state index is 13.7. The van der Waals surface area contributed by atoms with Crippen molar-refractivity contribution in [3.63, 3.8) is 0 Å². The summed E-state index contributed by atoms with van der Waals surface area (Å²) in [5.41, 5.74) is 1.70. The van der Waals surface area contributed by atoms with E-state index in [0.717, 1.165) is 29.2 Å². The number of thioether (sulfide) groups is 2. The van der Waals surface area contributed by atoms with Crippen LogP contribution in [0.15, 0.2) is 47.2 Å². The fourth-order valence-corrected chi connectivity index (χ4v) is 4.29. The molecule has 1 amide bonds. The average Bonchev–Trinajstić information content (AvgIpc) is 3.08. The molecule has 0 atom stereocenters. The normalized spacial score (nSPS) is 10.8. The maximum Gasteiger partial charge on any atom is 0.234 e. The van der Waals surface area contributed by atoms with Crippen LogP contribution in [0, 0.1) is 25.5 Å². The molecular weight excluding hydrogens is 442 g/mol. The van der Waals surface area contributed by atoms with E-state index < -0.39 is 17.5 Å². The van der Waals surface area contributed by atoms with Gasteiger partial charge in [0.05, 0.1) is 17.2 Å². The van der Waals surface area contributed by atoms with Gasteiger partial charge in [-0.1, -0.05) is 29.6 Å². The number of carbonyl (C=O) groups is 1. The number of amides is 1. The summed E-state index contributed by atoms with van der Waals surface area (Å²) in [5, 5.41) is 12.0. The van der Waals surface area contributed by atoms with E-state index in [1.54, 1.807) is 6.08 Å². The summed E-state index contributed by atoms with van der Waals surface area (Å²) in [6, 6.07) is 4.88. The molecule has 162 valence electrons. The quantitative estimate of drug-likeness (QED) is 0.290. The van der Waals surface area contributed by atoms with Gasteiger partial charge < -0.3 is 9.88 Å². The van der Waals surface area contributed by atoms with Gasteiger partial charge in [-0.05, 0) is 32.0 Å². The summed E-state index contributed by atoms with van der Waals surface area (Å²) < 4.78 is 28.5. The first-order valence-corrected chi connectivity index (χ1v) is 11.2. The minimum atomic E-state index is -0.832. The van der Waals surface area contributed by atoms with Crippen molar-refractivity contribution in [2.75, 3.05) is 11.1 Å². The Bertz CT molecular complexity index is 1090. The monoisotopic (exact) mass is 462 g/mol. The van der Waals surface area contributed by atoms with Gasteiger partial charge in [0.15, 0.2) is 10.3 Å². The van der Waals surface area contributed by atoms with Gasteiger partial charge in [0.25, 0.3) is 0 Å². The first-order chi connectivity index (χ1) is 14.9. The number of benzene rings is 1. The minimum Gasteiger partial charge on any atom is -0.323 e. The number of nitrogens with one attached hydrogen (secondary N) is 1. The highest BCUT2D eigenvalue weighted by Crippen LogP contribution is 2.23. The second-order valence-corrected chi connectivity index (χ2v) is 8.37. The Balaban J connectivity index is 1.64. The van der Waals surface area contributed by atoms with E-state index in [4.69, 9.17) is 0 Å². The third-order valence-electron chi connectivity index (χ3n) is 3.93. The van der Waals surface area contributed by atoms with E-state index in [1.807, 2.05) is 24.5 Å². The van der Waals surface area contributed by atoms with Gasteiger partial charge in [0.1, 0.15) is 17.5 Å². The Morgan fingerprint density at radius 2 is 1.90 bits per heavy atom. The molecule has 0 aliphatic rings. The van der Waals surface area contributed by atoms with Crippen molar-refractivity contribution < 1.29 is 13.6 Å². The third kappa shape index (κ3) is 6.34. The fraction of sp³-hybridized carbons (Fsp3) is 0.250. The minimum absolute atomic E-state index is 0.0145. The van der Waals surface area contributed by atoms with Gasteiger partial charge in [0, 0.05) is 24.0 Å². The number of hydrogen-bond acceptors (Lipinski definition) is 7. The second-order valence-electron chi connectivity index (χ2n) is 6.48. The van der Waals surface area contributed by atoms with Crippen molar-refractivity contribution >= 4 is 35.1 Å². The van der Waals surface area contributed by atoms with Crippen molar-refractivity contribution in [3.05, 3.63) is 65.8 Å². The van der Waals surface area contributed by atoms with E-state index in [0.29, 0.717) is 34.5 Å². The van der Waals surface area contributed by atoms with Crippen molar-refractivity contribution in [2.45, 2.75) is 36.5 Å². The van der Waals surface area contributed by atoms with Gasteiger partial charge in [0.2, 0.25) is 5.91 Å². The lowest BCUT2D eigenvalue weighted by atomic mass is 10.3. The average molecular weight is 463 g/mol. The number of rotatable bonds is 9. The summed E-state index contributed by atoms with van der Waals surface area (Å²) in [4.78, 5) is 21.0. The van der Waals surface area contributed by atoms with Gasteiger partial charge in [-0.25, -0.2) is 18.7 Å². The Morgan fingerprint density at radius 3 is 2.58 bits per heavy atom. The third-order valence-corrected chi connectivity index (χ3v) is 5.74. The summed E-state index contributed by atoms with van der Waals surface area (Å²) in [6.45, 7) is 8.05. The molecule has 0 saturated heterocycles. The number of aromatic nitrogens is 5. The molecule has 0 aliphatic carbocycles. The lowest BCUT2D eigenvalue weighted by Crippen LogP contribution is -2.15. The molecule has 0 bridgehead atoms. The number of halogens is 2. The molecule has 0 radical (unpaired) electrons. The number of carbonyl (C=O) groups excluding carboxylic acids is 1. The standard InChI is InChI=1S/C20H20F2N6OS2/c1-4-7-28-17(10-30-19-23-12(2)8-13(3)24-19)26-27-20(28)31-11-18(29)25-16-6-5-14(21)9-15(16)22/h4-6,8-9H,1,7,10-11H2,2-3H3,(H,25,29). The molecule has 11 heteroatoms. The van der Waals surface area contributed by atoms with Crippen molar-refractivity contribution in [3.8, 4) is 0 Å². The number of aryl methyl sites for hydroxylation is 2. The molecule has 3 aromatic rings. The molecule has 0 saturated carbocycles. The fourth-order valence-electron chi connectivity index (χ4n) is 2.64. The largest absolute Gasteiger partial charge is 0.323 e. The van der Waals surface area contributed by atoms with Crippen LogP contribution in [0.25, 0.3) is 0 Å². The van der Waals surface area contributed by atoms with Gasteiger partial charge in [-0.2, -0.15) is 0 Å². The smallest absolute Gasteiger partial charge is 0.234 e. The lowest BCUT2D eigenvalue weighted by Gasteiger charge is -2.08. The Hall–Kier alpha value is -2.79. The molecule has 2 heterocycles. The van der Waals surface area contributed by atoms with E-state index in [1.165, 1.54) is 17.8 Å². The van der Waals surface area contributed by atoms with Crippen LogP contribution in [0.1, 0.15) is 17.2 Å². The number of nitrogens with zero attached hydrogens (tertiary/aromatic N) is 5. The van der Waals surface area contributed by atoms with Crippen LogP contribution in [-0.4, -0.2) is 36.4 Å². The van der Waals surface area contributed by atoms with Crippen LogP contribution >= 0.6 is 23.5 Å². The van der Waals surface area contributed by atoms with Crippen LogP contribution in [0.5, 0.6) is 0 Å². The maximum absolute atomic E-state index is 13.7. The van der Waals surface area contributed by atoms with Crippen LogP contribution in [0.3, 0.4) is 0 Å². The number of allylic oxidation sites excluding steroid dienone is 1. The van der Waals surface area contributed by atoms with Crippen molar-refractivity contribution in [1.82, 2.24) is 24.7 Å². The highest BCUT2D eigenvalue weighted by molar-refractivity contribution is 7.99. The van der Waals surface area contributed by atoms with Crippen LogP contribution in [0.2, 0.25) is 0 Å². The molecule has 3 rings (SSSR count). The van der Waals surface area contributed by atoms with E-state index in [-0.39, 0.29) is 11.4 Å². The number of anilines is 1. The van der Waals surface area contributed by atoms with Gasteiger partial charge in [-0.3, -0.25) is 4.79 Å². The summed E-state index contributed by atoms with van der Waals surface area (Å²) in [7, 11) is 0. The zero-order valence-electron chi connectivity index (χ0n) is 16.9. The van der Waals surface area contributed by atoms with Crippen LogP contribution in [-0.2, 0) is 17.1 Å². The lowest BCUT2D eigenvalue weighted by molar-refractivity contribution is -0.113. The van der Waals surface area contributed by atoms with Gasteiger partial charge in [-0.15, -0.1) is 16.8 Å². The van der Waals surface area contributed by atoms with Crippen LogP contribution < -0.4 is 5.32 Å². The SMILES string of the molecule is C=CCn1c(CSc2nc(C)cc(C)n2)nnc1SCC(=O)Nc1ccc(F)cc1F. The molecular formula is C20H20F2N6OS2. The predicted octanol–water partition coefficient (Wildman–Crippen LogP) is 4.17. The summed E-state index contributed by atoms with van der Waals surface area (Å²) in [5.74, 6) is -0.806. The first-order valence-electron chi connectivity index (χ1n) is 9.21. The summed E-state index contributed by atoms with van der Waals surface area (Å²) >= 11 is 2.61. The second kappa shape index (κ2) is 10.5. The predicted molar refractivity (Wildman–Crippen MR) is 117 cm³/mol. The summed E-state index contributed by atoms with van der Waals surface area (Å²) in [6.07, 6.45) is 1.71.